The number of cyclic esters (lactones) is 1. The van der Waals surface area contributed by atoms with E-state index in [0.29, 0.717) is 5.69 Å². The van der Waals surface area contributed by atoms with Crippen molar-refractivity contribution in [2.45, 2.75) is 6.92 Å². The van der Waals surface area contributed by atoms with E-state index in [9.17, 15) is 9.59 Å². The number of esters is 1. The van der Waals surface area contributed by atoms with Crippen LogP contribution in [0.15, 0.2) is 63.7 Å². The lowest BCUT2D eigenvalue weighted by molar-refractivity contribution is -0.129. The average Bonchev–Trinajstić information content (AvgIpc) is 2.90. The normalized spacial score (nSPS) is 15.2. The van der Waals surface area contributed by atoms with E-state index in [1.165, 1.54) is 6.92 Å². The third-order valence-corrected chi connectivity index (χ3v) is 3.95. The van der Waals surface area contributed by atoms with Crippen molar-refractivity contribution in [2.24, 2.45) is 4.99 Å². The molecule has 0 spiro atoms. The molecule has 0 saturated carbocycles. The standard InChI is InChI=1S/C18H13BrN2O3/c1-11(22)20-13-8-6-12(7-9-13)10-16-18(23)24-17(21-16)14-4-2-3-5-15(14)19/h2-10H,1H3,(H,20,22)/b16-10-. The van der Waals surface area contributed by atoms with Crippen LogP contribution < -0.4 is 5.32 Å². The highest BCUT2D eigenvalue weighted by atomic mass is 79.9. The summed E-state index contributed by atoms with van der Waals surface area (Å²) in [6.07, 6.45) is 1.64. The molecule has 2 aromatic carbocycles. The van der Waals surface area contributed by atoms with E-state index in [1.807, 2.05) is 24.3 Å². The van der Waals surface area contributed by atoms with Crippen molar-refractivity contribution in [3.05, 3.63) is 69.8 Å². The number of ether oxygens (including phenoxy) is 1. The molecular weight excluding hydrogens is 372 g/mol. The maximum absolute atomic E-state index is 12.0. The second kappa shape index (κ2) is 6.80. The fraction of sp³-hybridized carbons (Fsp3) is 0.0556. The molecule has 1 heterocycles. The number of amides is 1. The van der Waals surface area contributed by atoms with Gasteiger partial charge in [0.1, 0.15) is 0 Å². The first-order valence-corrected chi connectivity index (χ1v) is 7.97. The molecule has 0 atom stereocenters. The van der Waals surface area contributed by atoms with Gasteiger partial charge in [-0.25, -0.2) is 9.79 Å². The van der Waals surface area contributed by atoms with Crippen LogP contribution in [-0.4, -0.2) is 17.8 Å². The Morgan fingerprint density at radius 2 is 1.88 bits per heavy atom. The van der Waals surface area contributed by atoms with Gasteiger partial charge >= 0.3 is 5.97 Å². The summed E-state index contributed by atoms with van der Waals surface area (Å²) in [4.78, 5) is 27.3. The number of benzene rings is 2. The Labute approximate surface area is 147 Å². The third kappa shape index (κ3) is 3.60. The van der Waals surface area contributed by atoms with Crippen LogP contribution >= 0.6 is 15.9 Å². The van der Waals surface area contributed by atoms with Gasteiger partial charge in [0.15, 0.2) is 5.70 Å². The summed E-state index contributed by atoms with van der Waals surface area (Å²) in [6, 6.07) is 14.5. The lowest BCUT2D eigenvalue weighted by atomic mass is 10.1. The van der Waals surface area contributed by atoms with Gasteiger partial charge in [-0.1, -0.05) is 24.3 Å². The molecule has 6 heteroatoms. The van der Waals surface area contributed by atoms with Crippen molar-refractivity contribution < 1.29 is 14.3 Å². The maximum atomic E-state index is 12.0. The predicted molar refractivity (Wildman–Crippen MR) is 95.5 cm³/mol. The molecule has 0 aromatic heterocycles. The molecule has 0 bridgehead atoms. The van der Waals surface area contributed by atoms with E-state index < -0.39 is 5.97 Å². The third-order valence-electron chi connectivity index (χ3n) is 3.26. The highest BCUT2D eigenvalue weighted by Gasteiger charge is 2.25. The Balaban J connectivity index is 1.86. The van der Waals surface area contributed by atoms with Gasteiger partial charge in [-0.2, -0.15) is 0 Å². The average molecular weight is 385 g/mol. The van der Waals surface area contributed by atoms with E-state index in [-0.39, 0.29) is 17.5 Å². The van der Waals surface area contributed by atoms with Crippen LogP contribution in [0.2, 0.25) is 0 Å². The number of halogens is 1. The van der Waals surface area contributed by atoms with E-state index in [2.05, 4.69) is 26.2 Å². The summed E-state index contributed by atoms with van der Waals surface area (Å²) in [5.74, 6) is -0.358. The zero-order valence-electron chi connectivity index (χ0n) is 12.7. The van der Waals surface area contributed by atoms with E-state index in [4.69, 9.17) is 4.74 Å². The Bertz CT molecular complexity index is 870. The molecule has 0 unspecified atom stereocenters. The molecule has 1 aliphatic rings. The minimum absolute atomic E-state index is 0.136. The minimum Gasteiger partial charge on any atom is -0.402 e. The molecule has 0 saturated heterocycles. The van der Waals surface area contributed by atoms with Gasteiger partial charge in [-0.15, -0.1) is 0 Å². The van der Waals surface area contributed by atoms with Gasteiger partial charge in [0.2, 0.25) is 11.8 Å². The molecular formula is C18H13BrN2O3. The molecule has 3 rings (SSSR count). The Kier molecular flexibility index (Phi) is 4.57. The number of carbonyl (C=O) groups is 2. The molecule has 0 radical (unpaired) electrons. The van der Waals surface area contributed by atoms with Crippen LogP contribution in [0.4, 0.5) is 5.69 Å². The molecule has 24 heavy (non-hydrogen) atoms. The number of nitrogens with zero attached hydrogens (tertiary/aromatic N) is 1. The Hall–Kier alpha value is -2.73. The smallest absolute Gasteiger partial charge is 0.363 e. The monoisotopic (exact) mass is 384 g/mol. The predicted octanol–water partition coefficient (Wildman–Crippen LogP) is 3.75. The molecule has 120 valence electrons. The van der Waals surface area contributed by atoms with Crippen LogP contribution in [0.5, 0.6) is 0 Å². The largest absolute Gasteiger partial charge is 0.402 e. The molecule has 1 N–H and O–H groups in total. The number of carbonyl (C=O) groups excluding carboxylic acids is 2. The molecule has 2 aromatic rings. The minimum atomic E-state index is -0.494. The van der Waals surface area contributed by atoms with Crippen molar-refractivity contribution in [1.82, 2.24) is 0 Å². The number of hydrogen-bond acceptors (Lipinski definition) is 4. The summed E-state index contributed by atoms with van der Waals surface area (Å²) < 4.78 is 6.05. The second-order valence-corrected chi connectivity index (χ2v) is 5.97. The quantitative estimate of drug-likeness (QED) is 0.647. The van der Waals surface area contributed by atoms with Gasteiger partial charge in [0.05, 0.1) is 5.56 Å². The lowest BCUT2D eigenvalue weighted by Gasteiger charge is -2.01. The zero-order valence-corrected chi connectivity index (χ0v) is 14.3. The number of rotatable bonds is 3. The molecule has 0 fully saturated rings. The number of nitrogens with one attached hydrogen (secondary N) is 1. The molecule has 5 nitrogen and oxygen atoms in total. The summed E-state index contributed by atoms with van der Waals surface area (Å²) >= 11 is 3.41. The van der Waals surface area contributed by atoms with Crippen molar-refractivity contribution in [3.63, 3.8) is 0 Å². The number of anilines is 1. The Morgan fingerprint density at radius 1 is 1.17 bits per heavy atom. The fourth-order valence-corrected chi connectivity index (χ4v) is 2.64. The zero-order chi connectivity index (χ0) is 17.1. The maximum Gasteiger partial charge on any atom is 0.363 e. The first-order valence-electron chi connectivity index (χ1n) is 7.18. The van der Waals surface area contributed by atoms with E-state index in [1.54, 1.807) is 30.3 Å². The van der Waals surface area contributed by atoms with Crippen LogP contribution in [0.25, 0.3) is 6.08 Å². The highest BCUT2D eigenvalue weighted by Crippen LogP contribution is 2.24. The van der Waals surface area contributed by atoms with Crippen molar-refractivity contribution >= 4 is 45.5 Å². The van der Waals surface area contributed by atoms with Crippen LogP contribution in [0.1, 0.15) is 18.1 Å². The SMILES string of the molecule is CC(=O)Nc1ccc(/C=C2\N=C(c3ccccc3Br)OC2=O)cc1. The topological polar surface area (TPSA) is 67.8 Å². The van der Waals surface area contributed by atoms with E-state index >= 15 is 0 Å². The number of hydrogen-bond donors (Lipinski definition) is 1. The molecule has 0 aliphatic carbocycles. The van der Waals surface area contributed by atoms with Crippen molar-refractivity contribution in [1.29, 1.82) is 0 Å². The summed E-state index contributed by atoms with van der Waals surface area (Å²) in [7, 11) is 0. The Morgan fingerprint density at radius 3 is 2.54 bits per heavy atom. The van der Waals surface area contributed by atoms with Gasteiger partial charge in [0.25, 0.3) is 0 Å². The fourth-order valence-electron chi connectivity index (χ4n) is 2.18. The summed E-state index contributed by atoms with van der Waals surface area (Å²) in [6.45, 7) is 1.45. The summed E-state index contributed by atoms with van der Waals surface area (Å²) in [5, 5.41) is 2.69. The molecule has 1 aliphatic heterocycles. The van der Waals surface area contributed by atoms with Crippen molar-refractivity contribution in [2.75, 3.05) is 5.32 Å². The van der Waals surface area contributed by atoms with Crippen LogP contribution in [0.3, 0.4) is 0 Å². The van der Waals surface area contributed by atoms with E-state index in [0.717, 1.165) is 15.6 Å². The van der Waals surface area contributed by atoms with Gasteiger partial charge < -0.3 is 10.1 Å². The van der Waals surface area contributed by atoms with Crippen molar-refractivity contribution in [3.8, 4) is 0 Å². The van der Waals surface area contributed by atoms with Gasteiger partial charge in [-0.05, 0) is 51.8 Å². The second-order valence-electron chi connectivity index (χ2n) is 5.12. The van der Waals surface area contributed by atoms with Gasteiger partial charge in [0, 0.05) is 17.1 Å². The van der Waals surface area contributed by atoms with Crippen LogP contribution in [0, 0.1) is 0 Å². The lowest BCUT2D eigenvalue weighted by Crippen LogP contribution is -2.06. The number of aliphatic imine (C=N–C) groups is 1. The highest BCUT2D eigenvalue weighted by molar-refractivity contribution is 9.10. The van der Waals surface area contributed by atoms with Gasteiger partial charge in [-0.3, -0.25) is 4.79 Å². The first-order chi connectivity index (χ1) is 11.5. The summed E-state index contributed by atoms with van der Waals surface area (Å²) in [5.41, 5.74) is 2.42. The van der Waals surface area contributed by atoms with Crippen LogP contribution in [-0.2, 0) is 14.3 Å². The molecule has 1 amide bonds. The first kappa shape index (κ1) is 16.1.